The van der Waals surface area contributed by atoms with Crippen LogP contribution in [-0.4, -0.2) is 67.0 Å². The highest BCUT2D eigenvalue weighted by Gasteiger charge is 2.31. The fraction of sp³-hybridized carbons (Fsp3) is 0.818. The van der Waals surface area contributed by atoms with Crippen molar-refractivity contribution in [1.82, 2.24) is 9.80 Å². The van der Waals surface area contributed by atoms with Crippen molar-refractivity contribution in [3.05, 3.63) is 0 Å². The van der Waals surface area contributed by atoms with Crippen LogP contribution in [0.3, 0.4) is 0 Å². The van der Waals surface area contributed by atoms with E-state index in [0.29, 0.717) is 26.2 Å². The van der Waals surface area contributed by atoms with Gasteiger partial charge in [0.15, 0.2) is 0 Å². The van der Waals surface area contributed by atoms with Crippen LogP contribution in [0.5, 0.6) is 0 Å². The van der Waals surface area contributed by atoms with Gasteiger partial charge in [0.2, 0.25) is 11.8 Å². The SMILES string of the molecule is COCC(=O)N1CCN(C(=O)C(C)(C)N)CC1. The molecule has 1 aliphatic heterocycles. The first-order valence-corrected chi connectivity index (χ1v) is 5.71. The smallest absolute Gasteiger partial charge is 0.248 e. The zero-order valence-electron chi connectivity index (χ0n) is 10.7. The Kier molecular flexibility index (Phi) is 4.47. The summed E-state index contributed by atoms with van der Waals surface area (Å²) < 4.78 is 4.79. The molecule has 17 heavy (non-hydrogen) atoms. The van der Waals surface area contributed by atoms with Gasteiger partial charge in [-0.05, 0) is 13.8 Å². The summed E-state index contributed by atoms with van der Waals surface area (Å²) >= 11 is 0. The lowest BCUT2D eigenvalue weighted by Crippen LogP contribution is -2.58. The van der Waals surface area contributed by atoms with E-state index in [2.05, 4.69) is 0 Å². The number of hydrogen-bond acceptors (Lipinski definition) is 4. The largest absolute Gasteiger partial charge is 0.375 e. The van der Waals surface area contributed by atoms with E-state index in [1.54, 1.807) is 23.6 Å². The number of amides is 2. The Bertz CT molecular complexity index is 291. The topological polar surface area (TPSA) is 75.9 Å². The average molecular weight is 243 g/mol. The Balaban J connectivity index is 2.46. The van der Waals surface area contributed by atoms with Gasteiger partial charge in [0, 0.05) is 33.3 Å². The van der Waals surface area contributed by atoms with Gasteiger partial charge >= 0.3 is 0 Å². The Labute approximate surface area is 102 Å². The minimum atomic E-state index is -0.849. The van der Waals surface area contributed by atoms with Crippen LogP contribution < -0.4 is 5.73 Å². The molecule has 1 saturated heterocycles. The monoisotopic (exact) mass is 243 g/mol. The summed E-state index contributed by atoms with van der Waals surface area (Å²) in [5, 5.41) is 0. The lowest BCUT2D eigenvalue weighted by atomic mass is 10.0. The highest BCUT2D eigenvalue weighted by atomic mass is 16.5. The standard InChI is InChI=1S/C11H21N3O3/c1-11(2,12)10(16)14-6-4-13(5-7-14)9(15)8-17-3/h4-8,12H2,1-3H3. The number of carbonyl (C=O) groups excluding carboxylic acids is 2. The van der Waals surface area contributed by atoms with Crippen LogP contribution >= 0.6 is 0 Å². The third-order valence-electron chi connectivity index (χ3n) is 2.74. The molecule has 0 spiro atoms. The third kappa shape index (κ3) is 3.67. The van der Waals surface area contributed by atoms with Crippen molar-refractivity contribution in [2.24, 2.45) is 5.73 Å². The van der Waals surface area contributed by atoms with Crippen LogP contribution in [0.15, 0.2) is 0 Å². The second-order valence-electron chi connectivity index (χ2n) is 4.83. The molecule has 0 aromatic heterocycles. The molecule has 1 heterocycles. The molecular weight excluding hydrogens is 222 g/mol. The minimum Gasteiger partial charge on any atom is -0.375 e. The van der Waals surface area contributed by atoms with E-state index in [1.807, 2.05) is 0 Å². The number of piperazine rings is 1. The van der Waals surface area contributed by atoms with Crippen molar-refractivity contribution in [3.8, 4) is 0 Å². The molecule has 0 aromatic rings. The second kappa shape index (κ2) is 5.46. The molecule has 0 unspecified atom stereocenters. The molecular formula is C11H21N3O3. The van der Waals surface area contributed by atoms with E-state index < -0.39 is 5.54 Å². The molecule has 0 bridgehead atoms. The average Bonchev–Trinajstić information content (AvgIpc) is 2.27. The molecule has 98 valence electrons. The second-order valence-corrected chi connectivity index (χ2v) is 4.83. The summed E-state index contributed by atoms with van der Waals surface area (Å²) in [7, 11) is 1.49. The molecule has 2 amide bonds. The number of hydrogen-bond donors (Lipinski definition) is 1. The number of methoxy groups -OCH3 is 1. The quantitative estimate of drug-likeness (QED) is 0.693. The van der Waals surface area contributed by atoms with Gasteiger partial charge in [-0.1, -0.05) is 0 Å². The Morgan fingerprint density at radius 1 is 1.18 bits per heavy atom. The maximum absolute atomic E-state index is 11.9. The number of nitrogens with two attached hydrogens (primary N) is 1. The zero-order valence-corrected chi connectivity index (χ0v) is 10.7. The van der Waals surface area contributed by atoms with E-state index in [9.17, 15) is 9.59 Å². The summed E-state index contributed by atoms with van der Waals surface area (Å²) in [6, 6.07) is 0. The summed E-state index contributed by atoms with van der Waals surface area (Å²) in [4.78, 5) is 26.8. The van der Waals surface area contributed by atoms with Crippen LogP contribution in [0.25, 0.3) is 0 Å². The highest BCUT2D eigenvalue weighted by molar-refractivity contribution is 5.85. The summed E-state index contributed by atoms with van der Waals surface area (Å²) in [6.07, 6.45) is 0. The molecule has 1 rings (SSSR count). The highest BCUT2D eigenvalue weighted by Crippen LogP contribution is 2.08. The van der Waals surface area contributed by atoms with Crippen LogP contribution in [0.4, 0.5) is 0 Å². The molecule has 0 saturated carbocycles. The van der Waals surface area contributed by atoms with Crippen molar-refractivity contribution >= 4 is 11.8 Å². The molecule has 2 N–H and O–H groups in total. The maximum atomic E-state index is 11.9. The van der Waals surface area contributed by atoms with Crippen molar-refractivity contribution in [3.63, 3.8) is 0 Å². The van der Waals surface area contributed by atoms with Crippen molar-refractivity contribution in [1.29, 1.82) is 0 Å². The lowest BCUT2D eigenvalue weighted by Gasteiger charge is -2.37. The van der Waals surface area contributed by atoms with Gasteiger partial charge in [0.25, 0.3) is 0 Å². The molecule has 0 atom stereocenters. The first-order chi connectivity index (χ1) is 7.86. The zero-order chi connectivity index (χ0) is 13.1. The molecule has 1 aliphatic rings. The number of nitrogens with zero attached hydrogens (tertiary/aromatic N) is 2. The van der Waals surface area contributed by atoms with Gasteiger partial charge in [-0.25, -0.2) is 0 Å². The maximum Gasteiger partial charge on any atom is 0.248 e. The molecule has 6 nitrogen and oxygen atoms in total. The summed E-state index contributed by atoms with van der Waals surface area (Å²) in [5.74, 6) is -0.108. The number of ether oxygens (including phenoxy) is 1. The fourth-order valence-corrected chi connectivity index (χ4v) is 1.78. The van der Waals surface area contributed by atoms with E-state index in [-0.39, 0.29) is 18.4 Å². The van der Waals surface area contributed by atoms with Crippen LogP contribution in [-0.2, 0) is 14.3 Å². The molecule has 0 aliphatic carbocycles. The molecule has 0 aromatic carbocycles. The van der Waals surface area contributed by atoms with E-state index in [1.165, 1.54) is 7.11 Å². The Morgan fingerprint density at radius 2 is 1.65 bits per heavy atom. The number of carbonyl (C=O) groups is 2. The summed E-state index contributed by atoms with van der Waals surface area (Å²) in [5.41, 5.74) is 4.91. The Hall–Kier alpha value is -1.14. The summed E-state index contributed by atoms with van der Waals surface area (Å²) in [6.45, 7) is 5.64. The Morgan fingerprint density at radius 3 is 2.06 bits per heavy atom. The third-order valence-corrected chi connectivity index (χ3v) is 2.74. The first kappa shape index (κ1) is 13.9. The van der Waals surface area contributed by atoms with Crippen molar-refractivity contribution in [2.45, 2.75) is 19.4 Å². The first-order valence-electron chi connectivity index (χ1n) is 5.71. The van der Waals surface area contributed by atoms with Crippen LogP contribution in [0, 0.1) is 0 Å². The predicted molar refractivity (Wildman–Crippen MR) is 63.3 cm³/mol. The molecule has 1 fully saturated rings. The predicted octanol–water partition coefficient (Wildman–Crippen LogP) is -0.959. The van der Waals surface area contributed by atoms with E-state index >= 15 is 0 Å². The van der Waals surface area contributed by atoms with E-state index in [4.69, 9.17) is 10.5 Å². The normalized spacial score (nSPS) is 17.2. The fourth-order valence-electron chi connectivity index (χ4n) is 1.78. The van der Waals surface area contributed by atoms with Crippen LogP contribution in [0.1, 0.15) is 13.8 Å². The van der Waals surface area contributed by atoms with Gasteiger partial charge in [-0.3, -0.25) is 9.59 Å². The minimum absolute atomic E-state index is 0.0355. The van der Waals surface area contributed by atoms with E-state index in [0.717, 1.165) is 0 Å². The molecule has 0 radical (unpaired) electrons. The van der Waals surface area contributed by atoms with Crippen molar-refractivity contribution < 1.29 is 14.3 Å². The number of rotatable bonds is 3. The van der Waals surface area contributed by atoms with Gasteiger partial charge in [-0.15, -0.1) is 0 Å². The van der Waals surface area contributed by atoms with Gasteiger partial charge in [-0.2, -0.15) is 0 Å². The van der Waals surface area contributed by atoms with Crippen LogP contribution in [0.2, 0.25) is 0 Å². The lowest BCUT2D eigenvalue weighted by molar-refractivity contribution is -0.143. The van der Waals surface area contributed by atoms with Gasteiger partial charge in [0.05, 0.1) is 5.54 Å². The van der Waals surface area contributed by atoms with Crippen molar-refractivity contribution in [2.75, 3.05) is 39.9 Å². The van der Waals surface area contributed by atoms with Gasteiger partial charge in [0.1, 0.15) is 6.61 Å². The van der Waals surface area contributed by atoms with Gasteiger partial charge < -0.3 is 20.3 Å². The molecule has 6 heteroatoms.